The molecule has 0 aromatic heterocycles. The number of carbonyl (C=O) groups excluding carboxylic acids is 3. The summed E-state index contributed by atoms with van der Waals surface area (Å²) in [5.74, 6) is -0.747. The molecule has 3 amide bonds. The van der Waals surface area contributed by atoms with Crippen molar-refractivity contribution in [3.05, 3.63) is 29.6 Å². The minimum absolute atomic E-state index is 0.150. The highest BCUT2D eigenvalue weighted by Gasteiger charge is 2.46. The number of hydrogen-bond donors (Lipinski definition) is 2. The van der Waals surface area contributed by atoms with Gasteiger partial charge in [0.05, 0.1) is 12.2 Å². The predicted octanol–water partition coefficient (Wildman–Crippen LogP) is 0.656. The SMILES string of the molecule is CC(=O)NC[C@@H]1OC(=O)N2c3cc(F)c(C4=CCN(C(=O)CO)CC4)cc3OC[C@@H]12. The van der Waals surface area contributed by atoms with E-state index in [0.29, 0.717) is 24.3 Å². The van der Waals surface area contributed by atoms with E-state index in [-0.39, 0.29) is 37.2 Å². The van der Waals surface area contributed by atoms with Crippen molar-refractivity contribution in [2.45, 2.75) is 25.5 Å². The molecular formula is C20H22FN3O6. The molecule has 3 aliphatic rings. The van der Waals surface area contributed by atoms with Crippen LogP contribution in [-0.4, -0.2) is 72.9 Å². The number of aliphatic hydroxyl groups is 1. The summed E-state index contributed by atoms with van der Waals surface area (Å²) >= 11 is 0. The number of benzene rings is 1. The molecule has 2 atom stereocenters. The van der Waals surface area contributed by atoms with Gasteiger partial charge in [-0.15, -0.1) is 0 Å². The molecule has 0 unspecified atom stereocenters. The number of aliphatic hydroxyl groups excluding tert-OH is 1. The van der Waals surface area contributed by atoms with E-state index in [0.717, 1.165) is 5.57 Å². The van der Waals surface area contributed by atoms with Gasteiger partial charge in [0.2, 0.25) is 11.8 Å². The summed E-state index contributed by atoms with van der Waals surface area (Å²) in [5, 5.41) is 11.6. The monoisotopic (exact) mass is 419 g/mol. The second kappa shape index (κ2) is 7.94. The summed E-state index contributed by atoms with van der Waals surface area (Å²) in [6, 6.07) is 2.35. The molecule has 0 bridgehead atoms. The standard InChI is InChI=1S/C20H22FN3O6/c1-11(26)22-8-18-16-10-29-17-6-13(12-2-4-23(5-3-12)19(27)9-25)14(21)7-15(17)24(16)20(28)30-18/h2,6-7,16,18,25H,3-5,8-10H2,1H3,(H,22,26)/t16-,18-/m0/s1. The molecule has 2 N–H and O–H groups in total. The van der Waals surface area contributed by atoms with Gasteiger partial charge in [0, 0.05) is 31.6 Å². The largest absolute Gasteiger partial charge is 0.489 e. The number of nitrogens with zero attached hydrogens (tertiary/aromatic N) is 2. The Kier molecular flexibility index (Phi) is 5.33. The molecule has 1 aromatic carbocycles. The lowest BCUT2D eigenvalue weighted by atomic mass is 9.97. The summed E-state index contributed by atoms with van der Waals surface area (Å²) in [7, 11) is 0. The van der Waals surface area contributed by atoms with E-state index in [9.17, 15) is 18.8 Å². The first kappa shape index (κ1) is 20.1. The summed E-state index contributed by atoms with van der Waals surface area (Å²) in [5.41, 5.74) is 1.37. The van der Waals surface area contributed by atoms with Crippen LogP contribution >= 0.6 is 0 Å². The van der Waals surface area contributed by atoms with Gasteiger partial charge in [-0.1, -0.05) is 6.08 Å². The van der Waals surface area contributed by atoms with Crippen LogP contribution < -0.4 is 15.0 Å². The van der Waals surface area contributed by atoms with Gasteiger partial charge < -0.3 is 24.8 Å². The van der Waals surface area contributed by atoms with Crippen molar-refractivity contribution in [2.24, 2.45) is 0 Å². The van der Waals surface area contributed by atoms with Crippen LogP contribution in [0.3, 0.4) is 0 Å². The second-order valence-corrected chi connectivity index (χ2v) is 7.38. The van der Waals surface area contributed by atoms with Crippen LogP contribution in [0.4, 0.5) is 14.9 Å². The molecule has 160 valence electrons. The molecule has 3 heterocycles. The molecule has 0 radical (unpaired) electrons. The molecular weight excluding hydrogens is 397 g/mol. The Hall–Kier alpha value is -3.14. The summed E-state index contributed by atoms with van der Waals surface area (Å²) in [4.78, 5) is 38.0. The fourth-order valence-corrected chi connectivity index (χ4v) is 3.96. The van der Waals surface area contributed by atoms with Crippen molar-refractivity contribution in [1.82, 2.24) is 10.2 Å². The molecule has 30 heavy (non-hydrogen) atoms. The van der Waals surface area contributed by atoms with Crippen LogP contribution in [0.1, 0.15) is 18.9 Å². The fourth-order valence-electron chi connectivity index (χ4n) is 3.96. The number of hydrogen-bond acceptors (Lipinski definition) is 6. The average Bonchev–Trinajstić information content (AvgIpc) is 3.07. The van der Waals surface area contributed by atoms with Crippen LogP contribution in [0, 0.1) is 5.82 Å². The third kappa shape index (κ3) is 3.58. The van der Waals surface area contributed by atoms with Crippen molar-refractivity contribution in [3.8, 4) is 5.75 Å². The van der Waals surface area contributed by atoms with Gasteiger partial charge in [0.25, 0.3) is 0 Å². The van der Waals surface area contributed by atoms with E-state index in [2.05, 4.69) is 5.32 Å². The van der Waals surface area contributed by atoms with Crippen LogP contribution in [0.2, 0.25) is 0 Å². The van der Waals surface area contributed by atoms with Gasteiger partial charge >= 0.3 is 6.09 Å². The lowest BCUT2D eigenvalue weighted by molar-refractivity contribution is -0.133. The molecule has 3 aliphatic heterocycles. The maximum atomic E-state index is 15.0. The van der Waals surface area contributed by atoms with Crippen molar-refractivity contribution in [1.29, 1.82) is 0 Å². The number of fused-ring (bicyclic) bond motifs is 3. The molecule has 1 aromatic rings. The number of cyclic esters (lactones) is 1. The number of nitrogens with one attached hydrogen (secondary N) is 1. The molecule has 0 saturated carbocycles. The Bertz CT molecular complexity index is 933. The summed E-state index contributed by atoms with van der Waals surface area (Å²) in [6.45, 7) is 1.80. The molecule has 1 fully saturated rings. The number of carbonyl (C=O) groups is 3. The summed E-state index contributed by atoms with van der Waals surface area (Å²) < 4.78 is 26.1. The highest BCUT2D eigenvalue weighted by Crippen LogP contribution is 2.42. The minimum atomic E-state index is -0.609. The predicted molar refractivity (Wildman–Crippen MR) is 103 cm³/mol. The number of amides is 3. The van der Waals surface area contributed by atoms with E-state index < -0.39 is 30.7 Å². The van der Waals surface area contributed by atoms with Crippen LogP contribution in [-0.2, 0) is 14.3 Å². The zero-order valence-corrected chi connectivity index (χ0v) is 16.4. The van der Waals surface area contributed by atoms with Crippen molar-refractivity contribution >= 4 is 29.2 Å². The third-order valence-corrected chi connectivity index (χ3v) is 5.52. The second-order valence-electron chi connectivity index (χ2n) is 7.38. The molecule has 1 saturated heterocycles. The van der Waals surface area contributed by atoms with Crippen LogP contribution in [0.25, 0.3) is 5.57 Å². The highest BCUT2D eigenvalue weighted by atomic mass is 19.1. The normalized spacial score (nSPS) is 22.5. The van der Waals surface area contributed by atoms with Gasteiger partial charge in [0.15, 0.2) is 0 Å². The smallest absolute Gasteiger partial charge is 0.415 e. The topological polar surface area (TPSA) is 108 Å². The molecule has 9 nitrogen and oxygen atoms in total. The van der Waals surface area contributed by atoms with E-state index in [4.69, 9.17) is 14.6 Å². The van der Waals surface area contributed by atoms with E-state index in [1.165, 1.54) is 22.8 Å². The van der Waals surface area contributed by atoms with Crippen molar-refractivity contribution in [2.75, 3.05) is 37.7 Å². The van der Waals surface area contributed by atoms with E-state index in [1.807, 2.05) is 0 Å². The Labute approximate surface area is 172 Å². The summed E-state index contributed by atoms with van der Waals surface area (Å²) in [6.07, 6.45) is 0.992. The number of ether oxygens (including phenoxy) is 2. The van der Waals surface area contributed by atoms with Gasteiger partial charge in [0.1, 0.15) is 36.9 Å². The number of rotatable bonds is 4. The lowest BCUT2D eigenvalue weighted by Crippen LogP contribution is -2.47. The van der Waals surface area contributed by atoms with Gasteiger partial charge in [-0.05, 0) is 18.1 Å². The maximum absolute atomic E-state index is 15.0. The Balaban J connectivity index is 1.57. The highest BCUT2D eigenvalue weighted by molar-refractivity contribution is 5.94. The first-order valence-corrected chi connectivity index (χ1v) is 9.67. The first-order valence-electron chi connectivity index (χ1n) is 9.67. The molecule has 0 aliphatic carbocycles. The average molecular weight is 419 g/mol. The van der Waals surface area contributed by atoms with Gasteiger partial charge in [-0.25, -0.2) is 9.18 Å². The van der Waals surface area contributed by atoms with Crippen molar-refractivity contribution in [3.63, 3.8) is 0 Å². The quantitative estimate of drug-likeness (QED) is 0.742. The molecule has 4 rings (SSSR count). The van der Waals surface area contributed by atoms with Crippen LogP contribution in [0.5, 0.6) is 5.75 Å². The lowest BCUT2D eigenvalue weighted by Gasteiger charge is -2.32. The third-order valence-electron chi connectivity index (χ3n) is 5.52. The number of halogens is 1. The Morgan fingerprint density at radius 1 is 1.37 bits per heavy atom. The minimum Gasteiger partial charge on any atom is -0.489 e. The fraction of sp³-hybridized carbons (Fsp3) is 0.450. The van der Waals surface area contributed by atoms with Gasteiger partial charge in [-0.3, -0.25) is 14.5 Å². The van der Waals surface area contributed by atoms with Crippen molar-refractivity contribution < 1.29 is 33.4 Å². The Morgan fingerprint density at radius 3 is 2.83 bits per heavy atom. The maximum Gasteiger partial charge on any atom is 0.415 e. The Morgan fingerprint density at radius 2 is 2.17 bits per heavy atom. The van der Waals surface area contributed by atoms with Gasteiger partial charge in [-0.2, -0.15) is 0 Å². The van der Waals surface area contributed by atoms with E-state index in [1.54, 1.807) is 12.1 Å². The molecule has 10 heteroatoms. The zero-order chi connectivity index (χ0) is 21.4. The first-order chi connectivity index (χ1) is 14.4. The zero-order valence-electron chi connectivity index (χ0n) is 16.4. The van der Waals surface area contributed by atoms with Crippen LogP contribution in [0.15, 0.2) is 18.2 Å². The van der Waals surface area contributed by atoms with E-state index >= 15 is 0 Å². The molecule has 0 spiro atoms. The number of anilines is 1.